The summed E-state index contributed by atoms with van der Waals surface area (Å²) in [6, 6.07) is 5.33. The van der Waals surface area contributed by atoms with Gasteiger partial charge in [-0.3, -0.25) is 9.78 Å². The maximum atomic E-state index is 11.8. The van der Waals surface area contributed by atoms with E-state index in [9.17, 15) is 4.79 Å². The summed E-state index contributed by atoms with van der Waals surface area (Å²) in [4.78, 5) is 15.8. The SMILES string of the molecule is O=C(NCC1CCCCC1Cl)c1ccccn1. The third-order valence-corrected chi connectivity index (χ3v) is 3.81. The van der Waals surface area contributed by atoms with Crippen molar-refractivity contribution in [3.63, 3.8) is 0 Å². The number of halogens is 1. The molecule has 3 nitrogen and oxygen atoms in total. The summed E-state index contributed by atoms with van der Waals surface area (Å²) < 4.78 is 0. The number of aromatic nitrogens is 1. The van der Waals surface area contributed by atoms with E-state index in [0.29, 0.717) is 18.2 Å². The Hall–Kier alpha value is -1.09. The van der Waals surface area contributed by atoms with E-state index in [1.807, 2.05) is 6.07 Å². The van der Waals surface area contributed by atoms with Crippen LogP contribution in [-0.4, -0.2) is 22.8 Å². The quantitative estimate of drug-likeness (QED) is 0.841. The van der Waals surface area contributed by atoms with Gasteiger partial charge >= 0.3 is 0 Å². The number of hydrogen-bond donors (Lipinski definition) is 1. The highest BCUT2D eigenvalue weighted by atomic mass is 35.5. The molecular weight excluding hydrogens is 236 g/mol. The predicted octanol–water partition coefficient (Wildman–Crippen LogP) is 2.61. The van der Waals surface area contributed by atoms with Crippen LogP contribution in [0.3, 0.4) is 0 Å². The Bertz CT molecular complexity index is 369. The number of alkyl halides is 1. The van der Waals surface area contributed by atoms with Crippen LogP contribution in [-0.2, 0) is 0 Å². The van der Waals surface area contributed by atoms with Crippen molar-refractivity contribution in [1.82, 2.24) is 10.3 Å². The van der Waals surface area contributed by atoms with Gasteiger partial charge in [-0.25, -0.2) is 0 Å². The molecule has 1 amide bonds. The van der Waals surface area contributed by atoms with E-state index in [1.54, 1.807) is 18.3 Å². The first-order valence-electron chi connectivity index (χ1n) is 6.10. The number of nitrogens with zero attached hydrogens (tertiary/aromatic N) is 1. The third kappa shape index (κ3) is 3.43. The molecule has 2 rings (SSSR count). The number of carbonyl (C=O) groups is 1. The Morgan fingerprint density at radius 3 is 2.94 bits per heavy atom. The average molecular weight is 253 g/mol. The molecule has 1 aliphatic carbocycles. The molecule has 1 fully saturated rings. The third-order valence-electron chi connectivity index (χ3n) is 3.24. The molecule has 1 N–H and O–H groups in total. The molecule has 0 saturated heterocycles. The largest absolute Gasteiger partial charge is 0.350 e. The van der Waals surface area contributed by atoms with Crippen LogP contribution in [0.15, 0.2) is 24.4 Å². The highest BCUT2D eigenvalue weighted by molar-refractivity contribution is 6.20. The first-order chi connectivity index (χ1) is 8.27. The second kappa shape index (κ2) is 6.01. The van der Waals surface area contributed by atoms with Gasteiger partial charge in [-0.15, -0.1) is 11.6 Å². The smallest absolute Gasteiger partial charge is 0.269 e. The van der Waals surface area contributed by atoms with E-state index < -0.39 is 0 Å². The molecule has 1 saturated carbocycles. The average Bonchev–Trinajstić information content (AvgIpc) is 2.38. The van der Waals surface area contributed by atoms with E-state index in [2.05, 4.69) is 10.3 Å². The summed E-state index contributed by atoms with van der Waals surface area (Å²) in [6.07, 6.45) is 6.22. The molecule has 92 valence electrons. The molecule has 0 spiro atoms. The Labute approximate surface area is 107 Å². The summed E-state index contributed by atoms with van der Waals surface area (Å²) in [5, 5.41) is 3.11. The number of pyridine rings is 1. The van der Waals surface area contributed by atoms with Crippen LogP contribution in [0.1, 0.15) is 36.2 Å². The van der Waals surface area contributed by atoms with Gasteiger partial charge in [0.15, 0.2) is 0 Å². The Balaban J connectivity index is 1.84. The van der Waals surface area contributed by atoms with E-state index in [-0.39, 0.29) is 11.3 Å². The lowest BCUT2D eigenvalue weighted by Crippen LogP contribution is -2.35. The van der Waals surface area contributed by atoms with Gasteiger partial charge in [0.25, 0.3) is 5.91 Å². The molecule has 0 bridgehead atoms. The second-order valence-electron chi connectivity index (χ2n) is 4.49. The molecule has 0 radical (unpaired) electrons. The molecule has 2 atom stereocenters. The standard InChI is InChI=1S/C13H17ClN2O/c14-11-6-2-1-5-10(11)9-16-13(17)12-7-3-4-8-15-12/h3-4,7-8,10-11H,1-2,5-6,9H2,(H,16,17). The van der Waals surface area contributed by atoms with Gasteiger partial charge in [0.05, 0.1) is 0 Å². The maximum Gasteiger partial charge on any atom is 0.269 e. The normalized spacial score (nSPS) is 24.3. The summed E-state index contributed by atoms with van der Waals surface area (Å²) in [5.41, 5.74) is 0.467. The number of carbonyl (C=O) groups excluding carboxylic acids is 1. The fraction of sp³-hybridized carbons (Fsp3) is 0.538. The van der Waals surface area contributed by atoms with Crippen LogP contribution >= 0.6 is 11.6 Å². The van der Waals surface area contributed by atoms with Crippen LogP contribution in [0.25, 0.3) is 0 Å². The summed E-state index contributed by atoms with van der Waals surface area (Å²) in [5.74, 6) is 0.290. The minimum absolute atomic E-state index is 0.111. The first-order valence-corrected chi connectivity index (χ1v) is 6.54. The van der Waals surface area contributed by atoms with E-state index >= 15 is 0 Å². The predicted molar refractivity (Wildman–Crippen MR) is 68.2 cm³/mol. The molecule has 1 aliphatic rings. The fourth-order valence-corrected chi connectivity index (χ4v) is 2.57. The molecule has 1 aromatic rings. The molecule has 1 heterocycles. The lowest BCUT2D eigenvalue weighted by atomic mass is 9.89. The molecule has 1 aromatic heterocycles. The Morgan fingerprint density at radius 2 is 2.24 bits per heavy atom. The van der Waals surface area contributed by atoms with Crippen molar-refractivity contribution in [3.05, 3.63) is 30.1 Å². The summed E-state index contributed by atoms with van der Waals surface area (Å²) in [7, 11) is 0. The zero-order chi connectivity index (χ0) is 12.1. The second-order valence-corrected chi connectivity index (χ2v) is 5.05. The van der Waals surface area contributed by atoms with E-state index in [1.165, 1.54) is 12.8 Å². The topological polar surface area (TPSA) is 42.0 Å². The number of nitrogens with one attached hydrogen (secondary N) is 1. The van der Waals surface area contributed by atoms with Crippen LogP contribution in [0.5, 0.6) is 0 Å². The zero-order valence-corrected chi connectivity index (χ0v) is 10.5. The van der Waals surface area contributed by atoms with Crippen LogP contribution in [0, 0.1) is 5.92 Å². The Morgan fingerprint density at radius 1 is 1.41 bits per heavy atom. The van der Waals surface area contributed by atoms with Crippen molar-refractivity contribution in [2.45, 2.75) is 31.1 Å². The minimum atomic E-state index is -0.111. The van der Waals surface area contributed by atoms with Crippen LogP contribution < -0.4 is 5.32 Å². The summed E-state index contributed by atoms with van der Waals surface area (Å²) >= 11 is 6.25. The van der Waals surface area contributed by atoms with Gasteiger partial charge in [0.2, 0.25) is 0 Å². The van der Waals surface area contributed by atoms with Gasteiger partial charge in [-0.2, -0.15) is 0 Å². The maximum absolute atomic E-state index is 11.8. The lowest BCUT2D eigenvalue weighted by molar-refractivity contribution is 0.0939. The zero-order valence-electron chi connectivity index (χ0n) is 9.73. The fourth-order valence-electron chi connectivity index (χ4n) is 2.20. The van der Waals surface area contributed by atoms with Crippen molar-refractivity contribution in [2.75, 3.05) is 6.54 Å². The van der Waals surface area contributed by atoms with Crippen molar-refractivity contribution < 1.29 is 4.79 Å². The Kier molecular flexibility index (Phi) is 4.37. The summed E-state index contributed by atoms with van der Waals surface area (Å²) in [6.45, 7) is 0.656. The number of rotatable bonds is 3. The highest BCUT2D eigenvalue weighted by Gasteiger charge is 2.23. The molecule has 17 heavy (non-hydrogen) atoms. The highest BCUT2D eigenvalue weighted by Crippen LogP contribution is 2.27. The van der Waals surface area contributed by atoms with Crippen molar-refractivity contribution in [2.24, 2.45) is 5.92 Å². The molecule has 4 heteroatoms. The molecular formula is C13H17ClN2O. The van der Waals surface area contributed by atoms with Crippen molar-refractivity contribution >= 4 is 17.5 Å². The number of amides is 1. The van der Waals surface area contributed by atoms with Gasteiger partial charge in [-0.05, 0) is 30.9 Å². The first kappa shape index (κ1) is 12.4. The van der Waals surface area contributed by atoms with E-state index in [4.69, 9.17) is 11.6 Å². The van der Waals surface area contributed by atoms with Gasteiger partial charge in [0, 0.05) is 18.1 Å². The monoisotopic (exact) mass is 252 g/mol. The van der Waals surface area contributed by atoms with Gasteiger partial charge in [0.1, 0.15) is 5.69 Å². The van der Waals surface area contributed by atoms with Crippen molar-refractivity contribution in [3.8, 4) is 0 Å². The van der Waals surface area contributed by atoms with Gasteiger partial charge < -0.3 is 5.32 Å². The molecule has 0 aromatic carbocycles. The lowest BCUT2D eigenvalue weighted by Gasteiger charge is -2.26. The number of hydrogen-bond acceptors (Lipinski definition) is 2. The minimum Gasteiger partial charge on any atom is -0.350 e. The van der Waals surface area contributed by atoms with Crippen LogP contribution in [0.2, 0.25) is 0 Å². The van der Waals surface area contributed by atoms with Gasteiger partial charge in [-0.1, -0.05) is 18.9 Å². The van der Waals surface area contributed by atoms with E-state index in [0.717, 1.165) is 12.8 Å². The van der Waals surface area contributed by atoms with Crippen molar-refractivity contribution in [1.29, 1.82) is 0 Å². The van der Waals surface area contributed by atoms with Crippen LogP contribution in [0.4, 0.5) is 0 Å². The molecule has 2 unspecified atom stereocenters. The molecule has 0 aliphatic heterocycles.